The fourth-order valence-electron chi connectivity index (χ4n) is 1.86. The van der Waals surface area contributed by atoms with Crippen LogP contribution in [0.5, 0.6) is 5.75 Å². The average molecular weight is 231 g/mol. The van der Waals surface area contributed by atoms with Crippen molar-refractivity contribution in [3.05, 3.63) is 40.8 Å². The first-order valence-corrected chi connectivity index (χ1v) is 5.91. The van der Waals surface area contributed by atoms with Gasteiger partial charge in [-0.25, -0.2) is 0 Å². The van der Waals surface area contributed by atoms with Crippen LogP contribution in [0, 0.1) is 0 Å². The molecule has 0 bridgehead atoms. The van der Waals surface area contributed by atoms with Crippen molar-refractivity contribution in [3.8, 4) is 5.75 Å². The van der Waals surface area contributed by atoms with E-state index in [2.05, 4.69) is 0 Å². The van der Waals surface area contributed by atoms with Crippen molar-refractivity contribution in [2.45, 2.75) is 33.4 Å². The maximum Gasteiger partial charge on any atom is 0.258 e. The van der Waals surface area contributed by atoms with Crippen molar-refractivity contribution in [2.75, 3.05) is 0 Å². The van der Waals surface area contributed by atoms with Crippen LogP contribution >= 0.6 is 0 Å². The van der Waals surface area contributed by atoms with Crippen LogP contribution in [-0.4, -0.2) is 10.7 Å². The van der Waals surface area contributed by atoms with Crippen LogP contribution in [0.1, 0.15) is 20.8 Å². The number of aryl methyl sites for hydroxylation is 1. The second kappa shape index (κ2) is 4.62. The van der Waals surface area contributed by atoms with Crippen LogP contribution in [0.3, 0.4) is 0 Å². The first-order chi connectivity index (χ1) is 8.11. The number of rotatable bonds is 3. The number of aromatic nitrogens is 1. The average Bonchev–Trinajstić information content (AvgIpc) is 2.28. The Bertz CT molecular complexity index is 584. The normalized spacial score (nSPS) is 11.1. The van der Waals surface area contributed by atoms with Crippen molar-refractivity contribution in [3.63, 3.8) is 0 Å². The lowest BCUT2D eigenvalue weighted by molar-refractivity contribution is 0.243. The van der Waals surface area contributed by atoms with Crippen LogP contribution in [0.25, 0.3) is 10.8 Å². The third-order valence-electron chi connectivity index (χ3n) is 2.66. The van der Waals surface area contributed by atoms with Crippen LogP contribution in [0.4, 0.5) is 0 Å². The number of nitrogens with zero attached hydrogens (tertiary/aromatic N) is 1. The third-order valence-corrected chi connectivity index (χ3v) is 2.66. The predicted octanol–water partition coefficient (Wildman–Crippen LogP) is 2.81. The van der Waals surface area contributed by atoms with Gasteiger partial charge in [-0.05, 0) is 50.4 Å². The predicted molar refractivity (Wildman–Crippen MR) is 69.6 cm³/mol. The Kier molecular flexibility index (Phi) is 3.18. The third kappa shape index (κ3) is 2.33. The summed E-state index contributed by atoms with van der Waals surface area (Å²) in [5, 5.41) is 1.67. The van der Waals surface area contributed by atoms with Crippen LogP contribution < -0.4 is 10.3 Å². The van der Waals surface area contributed by atoms with Gasteiger partial charge in [0.05, 0.1) is 6.10 Å². The molecule has 1 aromatic carbocycles. The lowest BCUT2D eigenvalue weighted by Gasteiger charge is -2.10. The van der Waals surface area contributed by atoms with Crippen molar-refractivity contribution >= 4 is 10.8 Å². The summed E-state index contributed by atoms with van der Waals surface area (Å²) in [5.74, 6) is 0.807. The highest BCUT2D eigenvalue weighted by molar-refractivity contribution is 5.82. The van der Waals surface area contributed by atoms with Gasteiger partial charge in [0.2, 0.25) is 0 Å². The first kappa shape index (κ1) is 11.7. The Morgan fingerprint density at radius 3 is 2.71 bits per heavy atom. The minimum atomic E-state index is 0.0566. The highest BCUT2D eigenvalue weighted by Gasteiger charge is 2.04. The van der Waals surface area contributed by atoms with E-state index in [0.717, 1.165) is 16.5 Å². The number of pyridine rings is 1. The van der Waals surface area contributed by atoms with Gasteiger partial charge < -0.3 is 9.30 Å². The summed E-state index contributed by atoms with van der Waals surface area (Å²) in [7, 11) is 0. The molecule has 0 aliphatic rings. The second-order valence-electron chi connectivity index (χ2n) is 4.32. The summed E-state index contributed by atoms with van der Waals surface area (Å²) >= 11 is 0. The van der Waals surface area contributed by atoms with Gasteiger partial charge in [0.1, 0.15) is 5.75 Å². The van der Waals surface area contributed by atoms with Gasteiger partial charge >= 0.3 is 0 Å². The summed E-state index contributed by atoms with van der Waals surface area (Å²) in [5.41, 5.74) is 0.0566. The number of hydrogen-bond donors (Lipinski definition) is 0. The van der Waals surface area contributed by atoms with E-state index in [1.54, 1.807) is 4.57 Å². The minimum Gasteiger partial charge on any atom is -0.491 e. The molecule has 2 rings (SSSR count). The van der Waals surface area contributed by atoms with Crippen molar-refractivity contribution in [2.24, 2.45) is 0 Å². The largest absolute Gasteiger partial charge is 0.491 e. The monoisotopic (exact) mass is 231 g/mol. The maximum atomic E-state index is 12.0. The van der Waals surface area contributed by atoms with Crippen LogP contribution in [0.15, 0.2) is 35.3 Å². The van der Waals surface area contributed by atoms with E-state index in [1.165, 1.54) is 0 Å². The Morgan fingerprint density at radius 2 is 2.06 bits per heavy atom. The number of ether oxygens (including phenoxy) is 1. The van der Waals surface area contributed by atoms with E-state index in [4.69, 9.17) is 4.74 Å². The molecular weight excluding hydrogens is 214 g/mol. The molecule has 0 radical (unpaired) electrons. The Balaban J connectivity index is 2.54. The molecule has 2 aromatic rings. The van der Waals surface area contributed by atoms with E-state index < -0.39 is 0 Å². The number of fused-ring (bicyclic) bond motifs is 1. The molecule has 0 aliphatic carbocycles. The summed E-state index contributed by atoms with van der Waals surface area (Å²) < 4.78 is 7.31. The Labute approximate surface area is 101 Å². The van der Waals surface area contributed by atoms with E-state index in [9.17, 15) is 4.79 Å². The standard InChI is InChI=1S/C14H17NO2/c1-4-15-8-7-11-9-12(17-10(2)3)5-6-13(11)14(15)16/h5-10H,4H2,1-3H3. The molecule has 17 heavy (non-hydrogen) atoms. The highest BCUT2D eigenvalue weighted by Crippen LogP contribution is 2.19. The van der Waals surface area contributed by atoms with E-state index in [1.807, 2.05) is 51.2 Å². The van der Waals surface area contributed by atoms with Crippen molar-refractivity contribution < 1.29 is 4.74 Å². The van der Waals surface area contributed by atoms with Gasteiger partial charge in [0.15, 0.2) is 0 Å². The van der Waals surface area contributed by atoms with E-state index in [0.29, 0.717) is 6.54 Å². The quantitative estimate of drug-likeness (QED) is 0.813. The molecule has 0 N–H and O–H groups in total. The van der Waals surface area contributed by atoms with Gasteiger partial charge in [-0.3, -0.25) is 4.79 Å². The SMILES string of the molecule is CCn1ccc2cc(OC(C)C)ccc2c1=O. The topological polar surface area (TPSA) is 31.2 Å². The number of hydrogen-bond acceptors (Lipinski definition) is 2. The molecule has 90 valence electrons. The fraction of sp³-hybridized carbons (Fsp3) is 0.357. The molecule has 1 aromatic heterocycles. The Hall–Kier alpha value is -1.77. The van der Waals surface area contributed by atoms with E-state index >= 15 is 0 Å². The molecule has 0 amide bonds. The number of benzene rings is 1. The van der Waals surface area contributed by atoms with Gasteiger partial charge in [-0.15, -0.1) is 0 Å². The molecule has 1 heterocycles. The molecule has 3 heteroatoms. The molecule has 0 fully saturated rings. The van der Waals surface area contributed by atoms with Gasteiger partial charge in [-0.2, -0.15) is 0 Å². The zero-order valence-corrected chi connectivity index (χ0v) is 10.4. The molecule has 0 unspecified atom stereocenters. The Morgan fingerprint density at radius 1 is 1.29 bits per heavy atom. The zero-order chi connectivity index (χ0) is 12.4. The van der Waals surface area contributed by atoms with E-state index in [-0.39, 0.29) is 11.7 Å². The molecule has 0 aliphatic heterocycles. The minimum absolute atomic E-state index is 0.0566. The van der Waals surface area contributed by atoms with Crippen LogP contribution in [-0.2, 0) is 6.54 Å². The molecule has 0 spiro atoms. The molecule has 0 saturated carbocycles. The second-order valence-corrected chi connectivity index (χ2v) is 4.32. The fourth-order valence-corrected chi connectivity index (χ4v) is 1.86. The lowest BCUT2D eigenvalue weighted by Crippen LogP contribution is -2.18. The maximum absolute atomic E-state index is 12.0. The smallest absolute Gasteiger partial charge is 0.258 e. The molecule has 0 saturated heterocycles. The summed E-state index contributed by atoms with van der Waals surface area (Å²) in [6.07, 6.45) is 1.97. The first-order valence-electron chi connectivity index (χ1n) is 5.91. The van der Waals surface area contributed by atoms with Crippen LogP contribution in [0.2, 0.25) is 0 Å². The van der Waals surface area contributed by atoms with Gasteiger partial charge in [0.25, 0.3) is 5.56 Å². The lowest BCUT2D eigenvalue weighted by atomic mass is 10.1. The van der Waals surface area contributed by atoms with Gasteiger partial charge in [-0.1, -0.05) is 0 Å². The van der Waals surface area contributed by atoms with Crippen molar-refractivity contribution in [1.29, 1.82) is 0 Å². The zero-order valence-electron chi connectivity index (χ0n) is 10.4. The highest BCUT2D eigenvalue weighted by atomic mass is 16.5. The van der Waals surface area contributed by atoms with Gasteiger partial charge in [0, 0.05) is 18.1 Å². The molecule has 0 atom stereocenters. The molecular formula is C14H17NO2. The summed E-state index contributed by atoms with van der Waals surface area (Å²) in [4.78, 5) is 12.0. The molecule has 3 nitrogen and oxygen atoms in total. The summed E-state index contributed by atoms with van der Waals surface area (Å²) in [6, 6.07) is 7.55. The van der Waals surface area contributed by atoms with Crippen molar-refractivity contribution in [1.82, 2.24) is 4.57 Å². The summed E-state index contributed by atoms with van der Waals surface area (Å²) in [6.45, 7) is 6.63.